The van der Waals surface area contributed by atoms with Gasteiger partial charge in [0.1, 0.15) is 0 Å². The SMILES string of the molecule is CC(CNC(=O)c1nnn(C)n1)c1ccc(Br)cc1. The van der Waals surface area contributed by atoms with E-state index in [1.165, 1.54) is 4.80 Å². The highest BCUT2D eigenvalue weighted by atomic mass is 79.9. The largest absolute Gasteiger partial charge is 0.349 e. The number of nitrogens with one attached hydrogen (secondary N) is 1. The highest BCUT2D eigenvalue weighted by Gasteiger charge is 2.13. The zero-order valence-corrected chi connectivity index (χ0v) is 12.3. The molecule has 7 heteroatoms. The van der Waals surface area contributed by atoms with Gasteiger partial charge < -0.3 is 5.32 Å². The molecule has 0 spiro atoms. The molecule has 1 amide bonds. The first-order chi connectivity index (χ1) is 9.06. The zero-order valence-electron chi connectivity index (χ0n) is 10.7. The van der Waals surface area contributed by atoms with Crippen LogP contribution >= 0.6 is 15.9 Å². The third-order valence-corrected chi connectivity index (χ3v) is 3.25. The van der Waals surface area contributed by atoms with Gasteiger partial charge in [-0.1, -0.05) is 35.0 Å². The number of hydrogen-bond donors (Lipinski definition) is 1. The van der Waals surface area contributed by atoms with Crippen LogP contribution in [0.15, 0.2) is 28.7 Å². The maximum atomic E-state index is 11.8. The highest BCUT2D eigenvalue weighted by Crippen LogP contribution is 2.17. The predicted octanol–water partition coefficient (Wildman–Crippen LogP) is 1.51. The van der Waals surface area contributed by atoms with Crippen molar-refractivity contribution in [3.8, 4) is 0 Å². The fourth-order valence-corrected chi connectivity index (χ4v) is 1.87. The van der Waals surface area contributed by atoms with Crippen molar-refractivity contribution in [1.29, 1.82) is 0 Å². The lowest BCUT2D eigenvalue weighted by molar-refractivity contribution is 0.0941. The van der Waals surface area contributed by atoms with E-state index >= 15 is 0 Å². The predicted molar refractivity (Wildman–Crippen MR) is 73.7 cm³/mol. The summed E-state index contributed by atoms with van der Waals surface area (Å²) in [7, 11) is 1.62. The molecule has 1 atom stereocenters. The minimum atomic E-state index is -0.308. The van der Waals surface area contributed by atoms with Crippen LogP contribution in [0, 0.1) is 0 Å². The second-order valence-electron chi connectivity index (χ2n) is 4.27. The van der Waals surface area contributed by atoms with Crippen LogP contribution in [0.3, 0.4) is 0 Å². The number of nitrogens with zero attached hydrogens (tertiary/aromatic N) is 4. The Bertz CT molecular complexity index is 566. The number of tetrazole rings is 1. The topological polar surface area (TPSA) is 72.7 Å². The fourth-order valence-electron chi connectivity index (χ4n) is 1.61. The van der Waals surface area contributed by atoms with E-state index in [1.54, 1.807) is 7.05 Å². The number of aryl methyl sites for hydroxylation is 1. The third kappa shape index (κ3) is 3.60. The third-order valence-electron chi connectivity index (χ3n) is 2.72. The summed E-state index contributed by atoms with van der Waals surface area (Å²) >= 11 is 3.39. The first kappa shape index (κ1) is 13.7. The van der Waals surface area contributed by atoms with Gasteiger partial charge in [0.15, 0.2) is 0 Å². The fraction of sp³-hybridized carbons (Fsp3) is 0.333. The molecule has 0 aliphatic rings. The van der Waals surface area contributed by atoms with Gasteiger partial charge in [0.25, 0.3) is 11.7 Å². The minimum Gasteiger partial charge on any atom is -0.349 e. The van der Waals surface area contributed by atoms with E-state index in [1.807, 2.05) is 31.2 Å². The molecule has 1 unspecified atom stereocenters. The van der Waals surface area contributed by atoms with E-state index in [9.17, 15) is 4.79 Å². The molecule has 100 valence electrons. The Morgan fingerprint density at radius 3 is 2.68 bits per heavy atom. The summed E-state index contributed by atoms with van der Waals surface area (Å²) in [5, 5.41) is 13.9. The molecule has 6 nitrogen and oxygen atoms in total. The molecule has 0 fully saturated rings. The molecule has 1 heterocycles. The van der Waals surface area contributed by atoms with Gasteiger partial charge in [0.2, 0.25) is 0 Å². The number of halogens is 1. The average molecular weight is 324 g/mol. The van der Waals surface area contributed by atoms with Gasteiger partial charge >= 0.3 is 0 Å². The minimum absolute atomic E-state index is 0.0884. The van der Waals surface area contributed by atoms with E-state index < -0.39 is 0 Å². The molecule has 2 rings (SSSR count). The van der Waals surface area contributed by atoms with Crippen molar-refractivity contribution in [2.45, 2.75) is 12.8 Å². The molecule has 0 saturated carbocycles. The molecule has 1 N–H and O–H groups in total. The smallest absolute Gasteiger partial charge is 0.292 e. The second kappa shape index (κ2) is 5.92. The Hall–Kier alpha value is -1.76. The molecule has 0 aliphatic carbocycles. The van der Waals surface area contributed by atoms with Crippen LogP contribution in [-0.2, 0) is 7.05 Å². The van der Waals surface area contributed by atoms with Gasteiger partial charge in [-0.3, -0.25) is 4.79 Å². The number of carbonyl (C=O) groups is 1. The highest BCUT2D eigenvalue weighted by molar-refractivity contribution is 9.10. The second-order valence-corrected chi connectivity index (χ2v) is 5.18. The van der Waals surface area contributed by atoms with Crippen LogP contribution in [0.5, 0.6) is 0 Å². The Kier molecular flexibility index (Phi) is 4.26. The Morgan fingerprint density at radius 2 is 2.11 bits per heavy atom. The molecular formula is C12H14BrN5O. The average Bonchev–Trinajstić information content (AvgIpc) is 2.83. The lowest BCUT2D eigenvalue weighted by Crippen LogP contribution is -2.28. The summed E-state index contributed by atoms with van der Waals surface area (Å²) in [5.74, 6) is -0.00344. The summed E-state index contributed by atoms with van der Waals surface area (Å²) in [5.41, 5.74) is 1.16. The molecular weight excluding hydrogens is 310 g/mol. The summed E-state index contributed by atoms with van der Waals surface area (Å²) in [6.45, 7) is 2.58. The van der Waals surface area contributed by atoms with E-state index in [-0.39, 0.29) is 17.6 Å². The summed E-state index contributed by atoms with van der Waals surface area (Å²) in [6.07, 6.45) is 0. The lowest BCUT2D eigenvalue weighted by atomic mass is 10.0. The van der Waals surface area contributed by atoms with E-state index in [0.717, 1.165) is 10.0 Å². The van der Waals surface area contributed by atoms with Gasteiger partial charge in [-0.05, 0) is 28.8 Å². The number of benzene rings is 1. The van der Waals surface area contributed by atoms with Crippen molar-refractivity contribution in [3.05, 3.63) is 40.1 Å². The summed E-state index contributed by atoms with van der Waals surface area (Å²) in [4.78, 5) is 13.0. The van der Waals surface area contributed by atoms with E-state index in [4.69, 9.17) is 0 Å². The molecule has 2 aromatic rings. The maximum absolute atomic E-state index is 11.8. The van der Waals surface area contributed by atoms with E-state index in [2.05, 4.69) is 36.7 Å². The van der Waals surface area contributed by atoms with Crippen LogP contribution in [0.25, 0.3) is 0 Å². The number of rotatable bonds is 4. The number of hydrogen-bond acceptors (Lipinski definition) is 4. The van der Waals surface area contributed by atoms with Crippen LogP contribution in [0.4, 0.5) is 0 Å². The van der Waals surface area contributed by atoms with Crippen molar-refractivity contribution >= 4 is 21.8 Å². The zero-order chi connectivity index (χ0) is 13.8. The molecule has 0 radical (unpaired) electrons. The van der Waals surface area contributed by atoms with Crippen LogP contribution in [0.1, 0.15) is 29.0 Å². The van der Waals surface area contributed by atoms with Gasteiger partial charge in [-0.15, -0.1) is 10.2 Å². The molecule has 0 bridgehead atoms. The molecule has 0 saturated heterocycles. The maximum Gasteiger partial charge on any atom is 0.292 e. The Labute approximate surface area is 119 Å². The number of aromatic nitrogens is 4. The van der Waals surface area contributed by atoms with Gasteiger partial charge in [-0.25, -0.2) is 0 Å². The van der Waals surface area contributed by atoms with E-state index in [0.29, 0.717) is 6.54 Å². The first-order valence-corrected chi connectivity index (χ1v) is 6.63. The van der Waals surface area contributed by atoms with Crippen LogP contribution in [0.2, 0.25) is 0 Å². The van der Waals surface area contributed by atoms with Gasteiger partial charge in [0, 0.05) is 11.0 Å². The monoisotopic (exact) mass is 323 g/mol. The van der Waals surface area contributed by atoms with Crippen molar-refractivity contribution in [2.24, 2.45) is 7.05 Å². The molecule has 1 aromatic heterocycles. The van der Waals surface area contributed by atoms with Gasteiger partial charge in [-0.2, -0.15) is 4.80 Å². The van der Waals surface area contributed by atoms with Crippen LogP contribution < -0.4 is 5.32 Å². The van der Waals surface area contributed by atoms with Crippen molar-refractivity contribution in [2.75, 3.05) is 6.54 Å². The van der Waals surface area contributed by atoms with Gasteiger partial charge in [0.05, 0.1) is 7.05 Å². The van der Waals surface area contributed by atoms with Crippen molar-refractivity contribution < 1.29 is 4.79 Å². The lowest BCUT2D eigenvalue weighted by Gasteiger charge is -2.12. The Balaban J connectivity index is 1.91. The normalized spacial score (nSPS) is 12.2. The van der Waals surface area contributed by atoms with Crippen molar-refractivity contribution in [3.63, 3.8) is 0 Å². The summed E-state index contributed by atoms with van der Waals surface area (Å²) < 4.78 is 1.04. The molecule has 1 aromatic carbocycles. The number of amides is 1. The van der Waals surface area contributed by atoms with Crippen LogP contribution in [-0.4, -0.2) is 32.7 Å². The molecule has 19 heavy (non-hydrogen) atoms. The number of carbonyl (C=O) groups excluding carboxylic acids is 1. The quantitative estimate of drug-likeness (QED) is 0.925. The standard InChI is InChI=1S/C12H14BrN5O/c1-8(9-3-5-10(13)6-4-9)7-14-12(19)11-15-17-18(2)16-11/h3-6,8H,7H2,1-2H3,(H,14,19). The summed E-state index contributed by atoms with van der Waals surface area (Å²) in [6, 6.07) is 8.03. The first-order valence-electron chi connectivity index (χ1n) is 5.84. The van der Waals surface area contributed by atoms with Crippen molar-refractivity contribution in [1.82, 2.24) is 25.5 Å². The molecule has 0 aliphatic heterocycles. The Morgan fingerprint density at radius 1 is 1.42 bits per heavy atom.